The smallest absolute Gasteiger partial charge is 0.309 e. The highest BCUT2D eigenvalue weighted by atomic mass is 16.5. The van der Waals surface area contributed by atoms with Gasteiger partial charge in [-0.1, -0.05) is 39.0 Å². The van der Waals surface area contributed by atoms with E-state index in [1.165, 1.54) is 0 Å². The Morgan fingerprint density at radius 1 is 0.783 bits per heavy atom. The second-order valence-corrected chi connectivity index (χ2v) is 6.82. The van der Waals surface area contributed by atoms with Crippen LogP contribution in [0.5, 0.6) is 0 Å². The van der Waals surface area contributed by atoms with E-state index in [-0.39, 0.29) is 30.1 Å². The fourth-order valence-electron chi connectivity index (χ4n) is 2.57. The first-order valence-electron chi connectivity index (χ1n) is 9.26. The van der Waals surface area contributed by atoms with Gasteiger partial charge in [0.15, 0.2) is 0 Å². The summed E-state index contributed by atoms with van der Waals surface area (Å²) in [5.41, 5.74) is 0. The molecule has 1 unspecified atom stereocenters. The first-order valence-corrected chi connectivity index (χ1v) is 9.26. The van der Waals surface area contributed by atoms with Crippen LogP contribution < -0.4 is 0 Å². The standard InChI is InChI=1S/C19H36O4/c1-6-12-17(19(21)23-16(4)5)13-10-8-7-9-11-14-18(20)22-15(2)3/h15-17H,6-14H2,1-5H3. The van der Waals surface area contributed by atoms with E-state index in [1.54, 1.807) is 0 Å². The van der Waals surface area contributed by atoms with Crippen LogP contribution in [0.1, 0.15) is 92.4 Å². The molecule has 0 rings (SSSR count). The average molecular weight is 328 g/mol. The van der Waals surface area contributed by atoms with Gasteiger partial charge in [-0.15, -0.1) is 0 Å². The SMILES string of the molecule is CCCC(CCCCCCCC(=O)OC(C)C)C(=O)OC(C)C. The van der Waals surface area contributed by atoms with Crippen molar-refractivity contribution in [3.8, 4) is 0 Å². The van der Waals surface area contributed by atoms with Gasteiger partial charge >= 0.3 is 11.9 Å². The van der Waals surface area contributed by atoms with Crippen molar-refractivity contribution in [1.82, 2.24) is 0 Å². The van der Waals surface area contributed by atoms with E-state index in [1.807, 2.05) is 27.7 Å². The van der Waals surface area contributed by atoms with Crippen molar-refractivity contribution < 1.29 is 19.1 Å². The Balaban J connectivity index is 3.74. The molecule has 0 spiro atoms. The molecule has 136 valence electrons. The average Bonchev–Trinajstić information content (AvgIpc) is 2.43. The van der Waals surface area contributed by atoms with Crippen LogP contribution in [-0.4, -0.2) is 24.1 Å². The molecule has 0 bridgehead atoms. The summed E-state index contributed by atoms with van der Waals surface area (Å²) in [5, 5.41) is 0. The lowest BCUT2D eigenvalue weighted by Gasteiger charge is -2.17. The zero-order valence-electron chi connectivity index (χ0n) is 15.7. The summed E-state index contributed by atoms with van der Waals surface area (Å²) in [6.45, 7) is 9.63. The van der Waals surface area contributed by atoms with Crippen LogP contribution in [0, 0.1) is 5.92 Å². The van der Waals surface area contributed by atoms with Crippen molar-refractivity contribution in [2.24, 2.45) is 5.92 Å². The van der Waals surface area contributed by atoms with Crippen molar-refractivity contribution in [3.63, 3.8) is 0 Å². The van der Waals surface area contributed by atoms with E-state index in [9.17, 15) is 9.59 Å². The third kappa shape index (κ3) is 13.1. The molecule has 0 aliphatic carbocycles. The van der Waals surface area contributed by atoms with Gasteiger partial charge in [0, 0.05) is 6.42 Å². The molecular weight excluding hydrogens is 292 g/mol. The second kappa shape index (κ2) is 13.4. The normalized spacial score (nSPS) is 12.5. The monoisotopic (exact) mass is 328 g/mol. The Morgan fingerprint density at radius 3 is 1.91 bits per heavy atom. The van der Waals surface area contributed by atoms with Gasteiger partial charge in [0.05, 0.1) is 18.1 Å². The van der Waals surface area contributed by atoms with E-state index in [0.29, 0.717) is 6.42 Å². The highest BCUT2D eigenvalue weighted by molar-refractivity contribution is 5.72. The van der Waals surface area contributed by atoms with Gasteiger partial charge in [-0.2, -0.15) is 0 Å². The van der Waals surface area contributed by atoms with E-state index in [0.717, 1.165) is 51.4 Å². The molecule has 0 N–H and O–H groups in total. The predicted octanol–water partition coefficient (Wildman–Crippen LogP) is 5.04. The Labute approximate surface area is 142 Å². The lowest BCUT2D eigenvalue weighted by Crippen LogP contribution is -2.21. The summed E-state index contributed by atoms with van der Waals surface area (Å²) < 4.78 is 10.4. The van der Waals surface area contributed by atoms with Crippen LogP contribution in [0.4, 0.5) is 0 Å². The molecule has 4 heteroatoms. The summed E-state index contributed by atoms with van der Waals surface area (Å²) in [6, 6.07) is 0. The third-order valence-corrected chi connectivity index (χ3v) is 3.62. The second-order valence-electron chi connectivity index (χ2n) is 6.82. The zero-order valence-corrected chi connectivity index (χ0v) is 15.7. The van der Waals surface area contributed by atoms with Gasteiger partial charge in [-0.3, -0.25) is 9.59 Å². The molecule has 0 aromatic carbocycles. The number of rotatable bonds is 13. The minimum Gasteiger partial charge on any atom is -0.463 e. The molecule has 0 aliphatic rings. The number of hydrogen-bond donors (Lipinski definition) is 0. The number of unbranched alkanes of at least 4 members (excludes halogenated alkanes) is 4. The van der Waals surface area contributed by atoms with Crippen molar-refractivity contribution in [1.29, 1.82) is 0 Å². The predicted molar refractivity (Wildman–Crippen MR) is 93.2 cm³/mol. The number of ether oxygens (including phenoxy) is 2. The summed E-state index contributed by atoms with van der Waals surface area (Å²) in [6.07, 6.45) is 8.47. The molecule has 0 saturated carbocycles. The quantitative estimate of drug-likeness (QED) is 0.351. The molecule has 0 aromatic heterocycles. The van der Waals surface area contributed by atoms with Crippen LogP contribution in [-0.2, 0) is 19.1 Å². The zero-order chi connectivity index (χ0) is 17.7. The van der Waals surface area contributed by atoms with E-state index >= 15 is 0 Å². The molecule has 0 fully saturated rings. The largest absolute Gasteiger partial charge is 0.463 e. The van der Waals surface area contributed by atoms with Crippen molar-refractivity contribution in [2.45, 2.75) is 105 Å². The fourth-order valence-corrected chi connectivity index (χ4v) is 2.57. The van der Waals surface area contributed by atoms with Gasteiger partial charge in [-0.05, 0) is 47.0 Å². The first kappa shape index (κ1) is 21.9. The number of esters is 2. The number of carbonyl (C=O) groups is 2. The fraction of sp³-hybridized carbons (Fsp3) is 0.895. The molecule has 0 saturated heterocycles. The van der Waals surface area contributed by atoms with E-state index in [4.69, 9.17) is 9.47 Å². The number of hydrogen-bond acceptors (Lipinski definition) is 4. The Morgan fingerprint density at radius 2 is 1.35 bits per heavy atom. The molecular formula is C19H36O4. The van der Waals surface area contributed by atoms with Gasteiger partial charge in [-0.25, -0.2) is 0 Å². The Hall–Kier alpha value is -1.06. The molecule has 0 radical (unpaired) electrons. The summed E-state index contributed by atoms with van der Waals surface area (Å²) >= 11 is 0. The van der Waals surface area contributed by atoms with E-state index in [2.05, 4.69) is 6.92 Å². The maximum absolute atomic E-state index is 12.0. The summed E-state index contributed by atoms with van der Waals surface area (Å²) in [5.74, 6) is -0.0962. The summed E-state index contributed by atoms with van der Waals surface area (Å²) in [7, 11) is 0. The number of carbonyl (C=O) groups excluding carboxylic acids is 2. The van der Waals surface area contributed by atoms with Gasteiger partial charge < -0.3 is 9.47 Å². The lowest BCUT2D eigenvalue weighted by atomic mass is 9.96. The first-order chi connectivity index (χ1) is 10.9. The molecule has 0 aliphatic heterocycles. The van der Waals surface area contributed by atoms with E-state index < -0.39 is 0 Å². The molecule has 0 amide bonds. The highest BCUT2D eigenvalue weighted by Gasteiger charge is 2.19. The summed E-state index contributed by atoms with van der Waals surface area (Å²) in [4.78, 5) is 23.4. The highest BCUT2D eigenvalue weighted by Crippen LogP contribution is 2.19. The van der Waals surface area contributed by atoms with Crippen LogP contribution >= 0.6 is 0 Å². The minimum absolute atomic E-state index is 0.0244. The van der Waals surface area contributed by atoms with Crippen LogP contribution in [0.3, 0.4) is 0 Å². The van der Waals surface area contributed by atoms with Crippen molar-refractivity contribution >= 4 is 11.9 Å². The maximum Gasteiger partial charge on any atom is 0.309 e. The van der Waals surface area contributed by atoms with Gasteiger partial charge in [0.25, 0.3) is 0 Å². The van der Waals surface area contributed by atoms with Gasteiger partial charge in [0.1, 0.15) is 0 Å². The Bertz CT molecular complexity index is 323. The molecule has 0 aromatic rings. The molecule has 1 atom stereocenters. The Kier molecular flexibility index (Phi) is 12.8. The topological polar surface area (TPSA) is 52.6 Å². The minimum atomic E-state index is -0.0977. The molecule has 0 heterocycles. The van der Waals surface area contributed by atoms with Crippen LogP contribution in [0.25, 0.3) is 0 Å². The van der Waals surface area contributed by atoms with Crippen molar-refractivity contribution in [3.05, 3.63) is 0 Å². The lowest BCUT2D eigenvalue weighted by molar-refractivity contribution is -0.153. The van der Waals surface area contributed by atoms with Gasteiger partial charge in [0.2, 0.25) is 0 Å². The molecule has 4 nitrogen and oxygen atoms in total. The molecule has 23 heavy (non-hydrogen) atoms. The van der Waals surface area contributed by atoms with Crippen LogP contribution in [0.2, 0.25) is 0 Å². The van der Waals surface area contributed by atoms with Crippen molar-refractivity contribution in [2.75, 3.05) is 0 Å². The third-order valence-electron chi connectivity index (χ3n) is 3.62. The maximum atomic E-state index is 12.0. The van der Waals surface area contributed by atoms with Crippen LogP contribution in [0.15, 0.2) is 0 Å².